The van der Waals surface area contributed by atoms with Gasteiger partial charge in [0.05, 0.1) is 17.6 Å². The minimum atomic E-state index is -3.09. The molecule has 0 amide bonds. The zero-order chi connectivity index (χ0) is 12.5. The number of hydrogen-bond acceptors (Lipinski definition) is 4. The third-order valence-corrected chi connectivity index (χ3v) is 4.43. The first-order valence-electron chi connectivity index (χ1n) is 5.71. The molecule has 0 unspecified atom stereocenters. The Kier molecular flexibility index (Phi) is 3.44. The molecular weight excluding hydrogens is 238 g/mol. The maximum atomic E-state index is 11.5. The topological polar surface area (TPSA) is 63.2 Å². The molecule has 2 rings (SSSR count). The number of piperidine rings is 1. The average molecular weight is 255 g/mol. The molecule has 0 bridgehead atoms. The molecule has 1 aromatic heterocycles. The van der Waals surface area contributed by atoms with E-state index in [4.69, 9.17) is 0 Å². The number of nitrogens with zero attached hydrogens (tertiary/aromatic N) is 3. The van der Waals surface area contributed by atoms with Gasteiger partial charge in [0.2, 0.25) is 10.0 Å². The Balaban J connectivity index is 2.21. The molecule has 1 fully saturated rings. The summed E-state index contributed by atoms with van der Waals surface area (Å²) in [5, 5.41) is 0. The van der Waals surface area contributed by atoms with Crippen molar-refractivity contribution in [1.82, 2.24) is 14.3 Å². The van der Waals surface area contributed by atoms with Gasteiger partial charge in [-0.25, -0.2) is 12.7 Å². The maximum Gasteiger partial charge on any atom is 0.211 e. The summed E-state index contributed by atoms with van der Waals surface area (Å²) >= 11 is 0. The highest BCUT2D eigenvalue weighted by Gasteiger charge is 2.28. The minimum Gasteiger partial charge on any atom is -0.258 e. The van der Waals surface area contributed by atoms with Crippen LogP contribution in [-0.2, 0) is 10.0 Å². The quantitative estimate of drug-likeness (QED) is 0.788. The number of sulfonamides is 1. The van der Waals surface area contributed by atoms with Crippen molar-refractivity contribution in [2.24, 2.45) is 0 Å². The fourth-order valence-corrected chi connectivity index (χ4v) is 3.20. The molecule has 1 aromatic rings. The average Bonchev–Trinajstić information content (AvgIpc) is 2.29. The third kappa shape index (κ3) is 2.81. The van der Waals surface area contributed by atoms with Crippen LogP contribution in [0.3, 0.4) is 0 Å². The molecule has 0 aliphatic carbocycles. The Hall–Kier alpha value is -1.01. The minimum absolute atomic E-state index is 0.173. The molecular formula is C11H17N3O2S. The molecule has 1 aliphatic heterocycles. The lowest BCUT2D eigenvalue weighted by molar-refractivity contribution is 0.313. The fraction of sp³-hybridized carbons (Fsp3) is 0.636. The van der Waals surface area contributed by atoms with Crippen LogP contribution in [0.25, 0.3) is 0 Å². The predicted octanol–water partition coefficient (Wildman–Crippen LogP) is 0.924. The van der Waals surface area contributed by atoms with Gasteiger partial charge in [-0.2, -0.15) is 0 Å². The lowest BCUT2D eigenvalue weighted by Gasteiger charge is -2.30. The highest BCUT2D eigenvalue weighted by Crippen LogP contribution is 2.27. The Labute approximate surface area is 102 Å². The maximum absolute atomic E-state index is 11.5. The Morgan fingerprint density at radius 2 is 2.06 bits per heavy atom. The Morgan fingerprint density at radius 3 is 2.71 bits per heavy atom. The molecule has 94 valence electrons. The van der Waals surface area contributed by atoms with Crippen molar-refractivity contribution in [2.45, 2.75) is 25.7 Å². The smallest absolute Gasteiger partial charge is 0.211 e. The second-order valence-electron chi connectivity index (χ2n) is 4.49. The van der Waals surface area contributed by atoms with Crippen molar-refractivity contribution in [2.75, 3.05) is 19.3 Å². The van der Waals surface area contributed by atoms with Crippen LogP contribution in [0.2, 0.25) is 0 Å². The molecule has 0 radical (unpaired) electrons. The lowest BCUT2D eigenvalue weighted by atomic mass is 9.95. The summed E-state index contributed by atoms with van der Waals surface area (Å²) in [5.41, 5.74) is 1.83. The molecule has 1 saturated heterocycles. The van der Waals surface area contributed by atoms with Crippen molar-refractivity contribution in [1.29, 1.82) is 0 Å². The first kappa shape index (κ1) is 12.4. The molecule has 17 heavy (non-hydrogen) atoms. The van der Waals surface area contributed by atoms with Crippen LogP contribution in [0.5, 0.6) is 0 Å². The normalized spacial score (nSPS) is 22.6. The van der Waals surface area contributed by atoms with E-state index in [9.17, 15) is 8.42 Å². The van der Waals surface area contributed by atoms with E-state index >= 15 is 0 Å². The molecule has 1 aliphatic rings. The van der Waals surface area contributed by atoms with Gasteiger partial charge in [-0.1, -0.05) is 0 Å². The van der Waals surface area contributed by atoms with Gasteiger partial charge < -0.3 is 0 Å². The number of aromatic nitrogens is 2. The first-order valence-corrected chi connectivity index (χ1v) is 7.56. The van der Waals surface area contributed by atoms with Gasteiger partial charge >= 0.3 is 0 Å². The molecule has 5 nitrogen and oxygen atoms in total. The first-order chi connectivity index (χ1) is 7.98. The third-order valence-electron chi connectivity index (χ3n) is 3.16. The van der Waals surface area contributed by atoms with Gasteiger partial charge in [0.25, 0.3) is 0 Å². The van der Waals surface area contributed by atoms with Gasteiger partial charge in [0.15, 0.2) is 0 Å². The van der Waals surface area contributed by atoms with Crippen molar-refractivity contribution in [3.63, 3.8) is 0 Å². The molecule has 6 heteroatoms. The Bertz CT molecular complexity index is 501. The molecule has 1 atom stereocenters. The largest absolute Gasteiger partial charge is 0.258 e. The van der Waals surface area contributed by atoms with Gasteiger partial charge in [0.1, 0.15) is 0 Å². The van der Waals surface area contributed by atoms with Crippen LogP contribution < -0.4 is 0 Å². The van der Waals surface area contributed by atoms with E-state index in [1.807, 2.05) is 6.92 Å². The highest BCUT2D eigenvalue weighted by molar-refractivity contribution is 7.88. The van der Waals surface area contributed by atoms with Crippen molar-refractivity contribution >= 4 is 10.0 Å². The van der Waals surface area contributed by atoms with E-state index in [2.05, 4.69) is 9.97 Å². The summed E-state index contributed by atoms with van der Waals surface area (Å²) in [6.45, 7) is 3.06. The number of hydrogen-bond donors (Lipinski definition) is 0. The second-order valence-corrected chi connectivity index (χ2v) is 6.47. The van der Waals surface area contributed by atoms with E-state index in [1.165, 1.54) is 10.6 Å². The van der Waals surface area contributed by atoms with Crippen molar-refractivity contribution in [3.8, 4) is 0 Å². The van der Waals surface area contributed by atoms with Gasteiger partial charge in [-0.3, -0.25) is 9.97 Å². The molecule has 0 N–H and O–H groups in total. The summed E-state index contributed by atoms with van der Waals surface area (Å²) in [6, 6.07) is 0. The zero-order valence-electron chi connectivity index (χ0n) is 10.1. The van der Waals surface area contributed by atoms with Gasteiger partial charge in [0, 0.05) is 31.4 Å². The monoisotopic (exact) mass is 255 g/mol. The lowest BCUT2D eigenvalue weighted by Crippen LogP contribution is -2.38. The van der Waals surface area contributed by atoms with Crippen LogP contribution in [0, 0.1) is 6.92 Å². The van der Waals surface area contributed by atoms with Crippen molar-refractivity contribution < 1.29 is 8.42 Å². The van der Waals surface area contributed by atoms with E-state index < -0.39 is 10.0 Å². The summed E-state index contributed by atoms with van der Waals surface area (Å²) in [6.07, 6.45) is 6.45. The van der Waals surface area contributed by atoms with E-state index in [1.54, 1.807) is 12.4 Å². The summed E-state index contributed by atoms with van der Waals surface area (Å²) in [4.78, 5) is 8.55. The number of rotatable bonds is 2. The predicted molar refractivity (Wildman–Crippen MR) is 65.2 cm³/mol. The fourth-order valence-electron chi connectivity index (χ4n) is 2.29. The van der Waals surface area contributed by atoms with Crippen molar-refractivity contribution in [3.05, 3.63) is 23.8 Å². The SMILES string of the molecule is Cc1nccnc1[C@H]1CCCN(S(C)(=O)=O)C1. The number of aryl methyl sites for hydroxylation is 1. The van der Waals surface area contributed by atoms with Crippen LogP contribution in [0.4, 0.5) is 0 Å². The van der Waals surface area contributed by atoms with Crippen LogP contribution >= 0.6 is 0 Å². The summed E-state index contributed by atoms with van der Waals surface area (Å²) < 4.78 is 24.6. The second kappa shape index (κ2) is 4.70. The van der Waals surface area contributed by atoms with E-state index in [-0.39, 0.29) is 5.92 Å². The van der Waals surface area contributed by atoms with E-state index in [0.717, 1.165) is 24.2 Å². The molecule has 0 spiro atoms. The molecule has 2 heterocycles. The summed E-state index contributed by atoms with van der Waals surface area (Å²) in [7, 11) is -3.09. The van der Waals surface area contributed by atoms with Gasteiger partial charge in [-0.15, -0.1) is 0 Å². The summed E-state index contributed by atoms with van der Waals surface area (Å²) in [5.74, 6) is 0.173. The van der Waals surface area contributed by atoms with Crippen LogP contribution in [0.15, 0.2) is 12.4 Å². The van der Waals surface area contributed by atoms with E-state index in [0.29, 0.717) is 13.1 Å². The Morgan fingerprint density at radius 1 is 1.35 bits per heavy atom. The molecule has 0 saturated carbocycles. The zero-order valence-corrected chi connectivity index (χ0v) is 10.9. The standard InChI is InChI=1S/C11H17N3O2S/c1-9-11(13-6-5-12-9)10-4-3-7-14(8-10)17(2,15)16/h5-6,10H,3-4,7-8H2,1-2H3/t10-/m0/s1. The van der Waals surface area contributed by atoms with Gasteiger partial charge in [-0.05, 0) is 19.8 Å². The van der Waals surface area contributed by atoms with Crippen LogP contribution in [-0.4, -0.2) is 42.0 Å². The van der Waals surface area contributed by atoms with Crippen LogP contribution in [0.1, 0.15) is 30.1 Å². The molecule has 0 aromatic carbocycles. The highest BCUT2D eigenvalue weighted by atomic mass is 32.2.